The van der Waals surface area contributed by atoms with Gasteiger partial charge in [0.1, 0.15) is 0 Å². The maximum absolute atomic E-state index is 5.95. The van der Waals surface area contributed by atoms with Crippen molar-refractivity contribution in [3.63, 3.8) is 0 Å². The van der Waals surface area contributed by atoms with Crippen LogP contribution in [0.1, 0.15) is 26.0 Å². The van der Waals surface area contributed by atoms with Crippen molar-refractivity contribution in [2.75, 3.05) is 13.2 Å². The first kappa shape index (κ1) is 17.7. The van der Waals surface area contributed by atoms with E-state index in [0.717, 1.165) is 25.1 Å². The van der Waals surface area contributed by atoms with Crippen molar-refractivity contribution in [2.24, 2.45) is 5.73 Å². The summed E-state index contributed by atoms with van der Waals surface area (Å²) in [6.45, 7) is 6.66. The van der Waals surface area contributed by atoms with E-state index in [1.165, 1.54) is 0 Å². The zero-order valence-corrected chi connectivity index (χ0v) is 14.0. The molecule has 0 amide bonds. The Bertz CT molecular complexity index is 540. The highest BCUT2D eigenvalue weighted by Gasteiger charge is 2.10. The van der Waals surface area contributed by atoms with Gasteiger partial charge < -0.3 is 24.3 Å². The third kappa shape index (κ3) is 6.13. The Hall–Kier alpha value is -1.70. The van der Waals surface area contributed by atoms with E-state index in [2.05, 4.69) is 16.9 Å². The van der Waals surface area contributed by atoms with Crippen molar-refractivity contribution >= 4 is 0 Å². The Morgan fingerprint density at radius 3 is 2.74 bits per heavy atom. The van der Waals surface area contributed by atoms with Crippen molar-refractivity contribution in [3.8, 4) is 0 Å². The van der Waals surface area contributed by atoms with Gasteiger partial charge in [0, 0.05) is 44.2 Å². The Kier molecular flexibility index (Phi) is 7.25. The van der Waals surface area contributed by atoms with Gasteiger partial charge in [0.15, 0.2) is 6.29 Å². The van der Waals surface area contributed by atoms with Crippen LogP contribution in [-0.2, 0) is 29.0 Å². The highest BCUT2D eigenvalue weighted by atomic mass is 16.7. The van der Waals surface area contributed by atoms with Gasteiger partial charge in [-0.3, -0.25) is 0 Å². The number of hydrogen-bond donors (Lipinski definition) is 1. The largest absolute Gasteiger partial charge is 0.351 e. The summed E-state index contributed by atoms with van der Waals surface area (Å²) < 4.78 is 15.4. The second kappa shape index (κ2) is 9.44. The van der Waals surface area contributed by atoms with Crippen LogP contribution in [0.3, 0.4) is 0 Å². The van der Waals surface area contributed by atoms with Crippen LogP contribution < -0.4 is 5.73 Å². The predicted octanol–water partition coefficient (Wildman–Crippen LogP) is 1.44. The lowest BCUT2D eigenvalue weighted by Gasteiger charge is -2.18. The van der Waals surface area contributed by atoms with E-state index in [9.17, 15) is 0 Å². The van der Waals surface area contributed by atoms with Crippen molar-refractivity contribution in [1.82, 2.24) is 19.1 Å². The lowest BCUT2D eigenvalue weighted by molar-refractivity contribution is -0.146. The van der Waals surface area contributed by atoms with Crippen LogP contribution in [-0.4, -0.2) is 44.6 Å². The molecular weight excluding hydrogens is 294 g/mol. The molecule has 0 aliphatic heterocycles. The third-order valence-electron chi connectivity index (χ3n) is 3.59. The molecule has 0 fully saturated rings. The maximum atomic E-state index is 5.95. The molecule has 23 heavy (non-hydrogen) atoms. The van der Waals surface area contributed by atoms with Crippen LogP contribution in [0, 0.1) is 0 Å². The summed E-state index contributed by atoms with van der Waals surface area (Å²) in [5, 5.41) is 0. The fourth-order valence-electron chi connectivity index (χ4n) is 2.24. The molecule has 2 aromatic rings. The maximum Gasteiger partial charge on any atom is 0.175 e. The smallest absolute Gasteiger partial charge is 0.175 e. The first-order valence-electron chi connectivity index (χ1n) is 8.16. The Balaban J connectivity index is 1.75. The quantitative estimate of drug-likeness (QED) is 0.633. The normalized spacial score (nSPS) is 14.0. The van der Waals surface area contributed by atoms with E-state index < -0.39 is 0 Å². The Morgan fingerprint density at radius 2 is 2.04 bits per heavy atom. The van der Waals surface area contributed by atoms with E-state index in [1.54, 1.807) is 12.5 Å². The molecule has 2 rings (SSSR count). The Labute approximate surface area is 137 Å². The minimum atomic E-state index is -0.273. The molecule has 0 aliphatic carbocycles. The minimum Gasteiger partial charge on any atom is -0.351 e. The summed E-state index contributed by atoms with van der Waals surface area (Å²) in [5.41, 5.74) is 6.96. The first-order chi connectivity index (χ1) is 11.2. The monoisotopic (exact) mass is 321 g/mol. The molecule has 2 atom stereocenters. The van der Waals surface area contributed by atoms with Crippen molar-refractivity contribution in [2.45, 2.75) is 52.1 Å². The second-order valence-corrected chi connectivity index (χ2v) is 5.50. The van der Waals surface area contributed by atoms with Crippen LogP contribution in [0.2, 0.25) is 0 Å². The summed E-state index contributed by atoms with van der Waals surface area (Å²) in [7, 11) is 0. The molecule has 0 radical (unpaired) electrons. The molecular formula is C16H27N5O2. The molecule has 128 valence electrons. The van der Waals surface area contributed by atoms with Gasteiger partial charge in [-0.2, -0.15) is 0 Å². The summed E-state index contributed by atoms with van der Waals surface area (Å²) in [4.78, 5) is 8.42. The number of hydrogen-bond acceptors (Lipinski definition) is 5. The summed E-state index contributed by atoms with van der Waals surface area (Å²) in [5.74, 6) is 0. The fraction of sp³-hybridized carbons (Fsp3) is 0.625. The molecule has 0 aliphatic rings. The SMILES string of the molecule is CCOC(Cn1ccnc1)OCCc1cn(CC(N)CC)cn1. The number of ether oxygens (including phenoxy) is 2. The molecule has 2 heterocycles. The molecule has 0 saturated heterocycles. The van der Waals surface area contributed by atoms with Gasteiger partial charge in [0.25, 0.3) is 0 Å². The predicted molar refractivity (Wildman–Crippen MR) is 87.8 cm³/mol. The first-order valence-corrected chi connectivity index (χ1v) is 8.16. The van der Waals surface area contributed by atoms with Gasteiger partial charge in [-0.05, 0) is 13.3 Å². The Morgan fingerprint density at radius 1 is 1.17 bits per heavy atom. The number of imidazole rings is 2. The van der Waals surface area contributed by atoms with E-state index in [4.69, 9.17) is 15.2 Å². The third-order valence-corrected chi connectivity index (χ3v) is 3.59. The van der Waals surface area contributed by atoms with Crippen molar-refractivity contribution in [1.29, 1.82) is 0 Å². The average molecular weight is 321 g/mol. The van der Waals surface area contributed by atoms with Crippen molar-refractivity contribution < 1.29 is 9.47 Å². The summed E-state index contributed by atoms with van der Waals surface area (Å²) >= 11 is 0. The van der Waals surface area contributed by atoms with Crippen LogP contribution in [0.5, 0.6) is 0 Å². The summed E-state index contributed by atoms with van der Waals surface area (Å²) in [6, 6.07) is 0.172. The molecule has 0 saturated carbocycles. The van der Waals surface area contributed by atoms with Gasteiger partial charge in [0.05, 0.1) is 31.5 Å². The zero-order chi connectivity index (χ0) is 16.5. The number of nitrogens with two attached hydrogens (primary N) is 1. The van der Waals surface area contributed by atoms with E-state index in [-0.39, 0.29) is 12.3 Å². The summed E-state index contributed by atoms with van der Waals surface area (Å²) in [6.07, 6.45) is 10.7. The van der Waals surface area contributed by atoms with Gasteiger partial charge in [-0.15, -0.1) is 0 Å². The minimum absolute atomic E-state index is 0.172. The van der Waals surface area contributed by atoms with Crippen LogP contribution in [0.15, 0.2) is 31.2 Å². The second-order valence-electron chi connectivity index (χ2n) is 5.50. The van der Waals surface area contributed by atoms with Crippen LogP contribution >= 0.6 is 0 Å². The number of nitrogens with zero attached hydrogens (tertiary/aromatic N) is 4. The average Bonchev–Trinajstić information content (AvgIpc) is 3.19. The number of aromatic nitrogens is 4. The van der Waals surface area contributed by atoms with Gasteiger partial charge in [-0.25, -0.2) is 9.97 Å². The van der Waals surface area contributed by atoms with Crippen LogP contribution in [0.4, 0.5) is 0 Å². The lowest BCUT2D eigenvalue weighted by Crippen LogP contribution is -2.24. The highest BCUT2D eigenvalue weighted by molar-refractivity contribution is 4.97. The molecule has 2 aromatic heterocycles. The molecule has 0 spiro atoms. The van der Waals surface area contributed by atoms with Crippen LogP contribution in [0.25, 0.3) is 0 Å². The topological polar surface area (TPSA) is 80.1 Å². The molecule has 7 nitrogen and oxygen atoms in total. The van der Waals surface area contributed by atoms with E-state index >= 15 is 0 Å². The molecule has 7 heteroatoms. The van der Waals surface area contributed by atoms with Crippen molar-refractivity contribution in [3.05, 3.63) is 36.9 Å². The standard InChI is InChI=1S/C16H27N5O2/c1-3-14(17)9-21-10-15(19-13-21)5-8-23-16(22-4-2)11-20-7-6-18-12-20/h6-7,10,12-14,16H,3-5,8-9,11,17H2,1-2H3. The zero-order valence-electron chi connectivity index (χ0n) is 14.0. The lowest BCUT2D eigenvalue weighted by atomic mass is 10.2. The number of rotatable bonds is 11. The van der Waals surface area contributed by atoms with Gasteiger partial charge in [-0.1, -0.05) is 6.92 Å². The molecule has 0 aromatic carbocycles. The van der Waals surface area contributed by atoms with Gasteiger partial charge >= 0.3 is 0 Å². The molecule has 0 bridgehead atoms. The highest BCUT2D eigenvalue weighted by Crippen LogP contribution is 2.04. The molecule has 2 N–H and O–H groups in total. The van der Waals surface area contributed by atoms with Gasteiger partial charge in [0.2, 0.25) is 0 Å². The fourth-order valence-corrected chi connectivity index (χ4v) is 2.24. The van der Waals surface area contributed by atoms with E-state index in [1.807, 2.05) is 34.8 Å². The van der Waals surface area contributed by atoms with E-state index in [0.29, 0.717) is 19.8 Å². The molecule has 2 unspecified atom stereocenters.